The smallest absolute Gasteiger partial charge is 0.141 e. The van der Waals surface area contributed by atoms with Crippen molar-refractivity contribution in [3.05, 3.63) is 23.0 Å². The van der Waals surface area contributed by atoms with Gasteiger partial charge in [0, 0.05) is 18.8 Å². The number of nitrogens with zero attached hydrogens (tertiary/aromatic N) is 1. The van der Waals surface area contributed by atoms with E-state index in [1.54, 1.807) is 6.20 Å². The molecule has 14 heavy (non-hydrogen) atoms. The predicted octanol–water partition coefficient (Wildman–Crippen LogP) is 1.78. The molecule has 1 aromatic heterocycles. The van der Waals surface area contributed by atoms with Crippen LogP contribution in [-0.2, 0) is 0 Å². The maximum atomic E-state index is 6.06. The molecule has 0 bridgehead atoms. The van der Waals surface area contributed by atoms with Gasteiger partial charge < -0.3 is 10.1 Å². The van der Waals surface area contributed by atoms with Crippen LogP contribution in [0.3, 0.4) is 0 Å². The van der Waals surface area contributed by atoms with Gasteiger partial charge in [-0.25, -0.2) is 0 Å². The highest BCUT2D eigenvalue weighted by Gasteiger charge is 2.17. The molecule has 0 aliphatic carbocycles. The summed E-state index contributed by atoms with van der Waals surface area (Å²) in [6, 6.07) is 1.81. The Morgan fingerprint density at radius 2 is 2.50 bits per heavy atom. The fourth-order valence-corrected chi connectivity index (χ4v) is 1.68. The maximum absolute atomic E-state index is 6.06. The lowest BCUT2D eigenvalue weighted by Gasteiger charge is -2.13. The average Bonchev–Trinajstić information content (AvgIpc) is 2.66. The first-order valence-electron chi connectivity index (χ1n) is 4.76. The molecule has 1 aliphatic heterocycles. The highest BCUT2D eigenvalue weighted by atomic mass is 35.5. The molecule has 3 nitrogen and oxygen atoms in total. The lowest BCUT2D eigenvalue weighted by molar-refractivity contribution is 0.223. The molecule has 2 rings (SSSR count). The van der Waals surface area contributed by atoms with E-state index in [2.05, 4.69) is 10.3 Å². The monoisotopic (exact) mass is 212 g/mol. The Bertz CT molecular complexity index is 324. The molecule has 1 saturated heterocycles. The van der Waals surface area contributed by atoms with Gasteiger partial charge in [0.25, 0.3) is 0 Å². The van der Waals surface area contributed by atoms with Crippen LogP contribution in [0.5, 0.6) is 5.75 Å². The molecule has 1 N–H and O–H groups in total. The highest BCUT2D eigenvalue weighted by molar-refractivity contribution is 6.32. The van der Waals surface area contributed by atoms with Gasteiger partial charge in [-0.2, -0.15) is 0 Å². The number of nitrogens with one attached hydrogen (secondary N) is 1. The van der Waals surface area contributed by atoms with E-state index in [1.807, 2.05) is 13.0 Å². The standard InChI is InChI=1S/C10H13ClN2O/c1-7-10(11)9(3-5-13-7)14-8-2-4-12-6-8/h3,5,8,12H,2,4,6H2,1H3. The topological polar surface area (TPSA) is 34.1 Å². The van der Waals surface area contributed by atoms with Crippen molar-refractivity contribution in [2.24, 2.45) is 0 Å². The van der Waals surface area contributed by atoms with E-state index in [1.165, 1.54) is 0 Å². The van der Waals surface area contributed by atoms with Crippen molar-refractivity contribution in [2.75, 3.05) is 13.1 Å². The van der Waals surface area contributed by atoms with Crippen molar-refractivity contribution in [2.45, 2.75) is 19.4 Å². The van der Waals surface area contributed by atoms with Gasteiger partial charge >= 0.3 is 0 Å². The molecule has 1 aliphatic rings. The zero-order chi connectivity index (χ0) is 9.97. The van der Waals surface area contributed by atoms with E-state index < -0.39 is 0 Å². The molecule has 0 aromatic carbocycles. The molecular formula is C10H13ClN2O. The molecule has 1 unspecified atom stereocenters. The van der Waals surface area contributed by atoms with E-state index in [4.69, 9.17) is 16.3 Å². The van der Waals surface area contributed by atoms with Gasteiger partial charge in [0.15, 0.2) is 0 Å². The number of rotatable bonds is 2. The second-order valence-electron chi connectivity index (χ2n) is 3.44. The van der Waals surface area contributed by atoms with Crippen molar-refractivity contribution in [3.8, 4) is 5.75 Å². The van der Waals surface area contributed by atoms with Gasteiger partial charge in [-0.15, -0.1) is 0 Å². The first kappa shape index (κ1) is 9.74. The van der Waals surface area contributed by atoms with Gasteiger partial charge in [0.05, 0.1) is 5.69 Å². The lowest BCUT2D eigenvalue weighted by Crippen LogP contribution is -2.19. The van der Waals surface area contributed by atoms with Crippen LogP contribution >= 0.6 is 11.6 Å². The number of pyridine rings is 1. The zero-order valence-electron chi connectivity index (χ0n) is 8.09. The van der Waals surface area contributed by atoms with E-state index in [9.17, 15) is 0 Å². The largest absolute Gasteiger partial charge is 0.487 e. The van der Waals surface area contributed by atoms with Crippen LogP contribution in [0.4, 0.5) is 0 Å². The van der Waals surface area contributed by atoms with Crippen LogP contribution in [0.25, 0.3) is 0 Å². The average molecular weight is 213 g/mol. The molecule has 0 amide bonds. The van der Waals surface area contributed by atoms with Gasteiger partial charge in [0.2, 0.25) is 0 Å². The molecule has 0 radical (unpaired) electrons. The molecule has 1 aromatic rings. The van der Waals surface area contributed by atoms with Crippen LogP contribution in [0.15, 0.2) is 12.3 Å². The Balaban J connectivity index is 2.11. The van der Waals surface area contributed by atoms with Crippen LogP contribution in [-0.4, -0.2) is 24.2 Å². The van der Waals surface area contributed by atoms with E-state index in [0.29, 0.717) is 5.02 Å². The van der Waals surface area contributed by atoms with Gasteiger partial charge in [-0.3, -0.25) is 4.98 Å². The third-order valence-electron chi connectivity index (χ3n) is 2.34. The fraction of sp³-hybridized carbons (Fsp3) is 0.500. The van der Waals surface area contributed by atoms with Crippen LogP contribution in [0.2, 0.25) is 5.02 Å². The Hall–Kier alpha value is -0.800. The van der Waals surface area contributed by atoms with Gasteiger partial charge in [-0.1, -0.05) is 11.6 Å². The van der Waals surface area contributed by atoms with E-state index in [-0.39, 0.29) is 6.10 Å². The number of hydrogen-bond donors (Lipinski definition) is 1. The third kappa shape index (κ3) is 1.99. The van der Waals surface area contributed by atoms with Crippen LogP contribution in [0.1, 0.15) is 12.1 Å². The number of halogens is 1. The summed E-state index contributed by atoms with van der Waals surface area (Å²) in [5.74, 6) is 0.743. The van der Waals surface area contributed by atoms with Crippen molar-refractivity contribution >= 4 is 11.6 Å². The fourth-order valence-electron chi connectivity index (χ4n) is 1.52. The SMILES string of the molecule is Cc1nccc(OC2CCNC2)c1Cl. The number of aryl methyl sites for hydroxylation is 1. The van der Waals surface area contributed by atoms with Crippen molar-refractivity contribution in [1.82, 2.24) is 10.3 Å². The Morgan fingerprint density at radius 1 is 1.64 bits per heavy atom. The summed E-state index contributed by atoms with van der Waals surface area (Å²) in [6.07, 6.45) is 3.01. The summed E-state index contributed by atoms with van der Waals surface area (Å²) in [5, 5.41) is 3.87. The van der Waals surface area contributed by atoms with Crippen molar-refractivity contribution in [3.63, 3.8) is 0 Å². The van der Waals surface area contributed by atoms with E-state index >= 15 is 0 Å². The van der Waals surface area contributed by atoms with Crippen LogP contribution in [0, 0.1) is 6.92 Å². The highest BCUT2D eigenvalue weighted by Crippen LogP contribution is 2.27. The zero-order valence-corrected chi connectivity index (χ0v) is 8.84. The lowest BCUT2D eigenvalue weighted by atomic mass is 10.3. The van der Waals surface area contributed by atoms with Crippen molar-refractivity contribution in [1.29, 1.82) is 0 Å². The Labute approximate surface area is 88.4 Å². The maximum Gasteiger partial charge on any atom is 0.141 e. The first-order valence-corrected chi connectivity index (χ1v) is 5.13. The normalized spacial score (nSPS) is 21.1. The number of aromatic nitrogens is 1. The van der Waals surface area contributed by atoms with Crippen LogP contribution < -0.4 is 10.1 Å². The van der Waals surface area contributed by atoms with Gasteiger partial charge in [-0.05, 0) is 19.9 Å². The summed E-state index contributed by atoms with van der Waals surface area (Å²) in [5.41, 5.74) is 0.815. The second-order valence-corrected chi connectivity index (χ2v) is 3.82. The summed E-state index contributed by atoms with van der Waals surface area (Å²) < 4.78 is 5.75. The van der Waals surface area contributed by atoms with Gasteiger partial charge in [0.1, 0.15) is 16.9 Å². The molecule has 4 heteroatoms. The summed E-state index contributed by atoms with van der Waals surface area (Å²) in [4.78, 5) is 4.09. The summed E-state index contributed by atoms with van der Waals surface area (Å²) in [7, 11) is 0. The van der Waals surface area contributed by atoms with Crippen molar-refractivity contribution < 1.29 is 4.74 Å². The molecule has 0 saturated carbocycles. The molecule has 1 fully saturated rings. The Kier molecular flexibility index (Phi) is 2.89. The molecule has 76 valence electrons. The number of ether oxygens (including phenoxy) is 1. The predicted molar refractivity (Wildman–Crippen MR) is 55.9 cm³/mol. The minimum absolute atomic E-state index is 0.245. The Morgan fingerprint density at radius 3 is 3.21 bits per heavy atom. The second kappa shape index (κ2) is 4.15. The molecular weight excluding hydrogens is 200 g/mol. The summed E-state index contributed by atoms with van der Waals surface area (Å²) in [6.45, 7) is 3.80. The molecule has 0 spiro atoms. The molecule has 1 atom stereocenters. The van der Waals surface area contributed by atoms with E-state index in [0.717, 1.165) is 31.0 Å². The first-order chi connectivity index (χ1) is 6.77. The summed E-state index contributed by atoms with van der Waals surface area (Å²) >= 11 is 6.06. The minimum atomic E-state index is 0.245. The number of hydrogen-bond acceptors (Lipinski definition) is 3. The third-order valence-corrected chi connectivity index (χ3v) is 2.80. The molecule has 2 heterocycles. The minimum Gasteiger partial charge on any atom is -0.487 e. The quantitative estimate of drug-likeness (QED) is 0.812.